The molecule has 38 heavy (non-hydrogen) atoms. The lowest BCUT2D eigenvalue weighted by atomic mass is 10.1. The largest absolute Gasteiger partial charge is 0.457 e. The summed E-state index contributed by atoms with van der Waals surface area (Å²) >= 11 is 0. The molecule has 0 bridgehead atoms. The van der Waals surface area contributed by atoms with Crippen LogP contribution in [0.4, 0.5) is 11.4 Å². The summed E-state index contributed by atoms with van der Waals surface area (Å²) in [7, 11) is 0. The van der Waals surface area contributed by atoms with E-state index in [0.29, 0.717) is 54.4 Å². The Kier molecular flexibility index (Phi) is 7.06. The molecule has 1 aliphatic rings. The fraction of sp³-hybridized carbons (Fsp3) is 0.185. The second-order valence-corrected chi connectivity index (χ2v) is 8.50. The number of morpholine rings is 1. The highest BCUT2D eigenvalue weighted by atomic mass is 16.7. The van der Waals surface area contributed by atoms with Gasteiger partial charge in [-0.25, -0.2) is 9.31 Å². The summed E-state index contributed by atoms with van der Waals surface area (Å²) < 4.78 is 12.7. The molecular formula is C27H25N7O4. The molecule has 2 aromatic carbocycles. The number of fused-ring (bicyclic) bond motifs is 1. The van der Waals surface area contributed by atoms with E-state index in [-0.39, 0.29) is 11.5 Å². The number of hydrogen-bond donors (Lipinski definition) is 2. The van der Waals surface area contributed by atoms with Crippen LogP contribution in [-0.2, 0) is 9.57 Å². The monoisotopic (exact) mass is 511 g/mol. The number of hydrogen-bond acceptors (Lipinski definition) is 8. The van der Waals surface area contributed by atoms with E-state index in [2.05, 4.69) is 21.6 Å². The van der Waals surface area contributed by atoms with E-state index in [9.17, 15) is 10.1 Å². The first kappa shape index (κ1) is 24.6. The number of nitrogens with zero attached hydrogens (tertiary/aromatic N) is 5. The molecule has 3 heterocycles. The predicted molar refractivity (Wildman–Crippen MR) is 140 cm³/mol. The number of rotatable bonds is 6. The number of aryl methyl sites for hydroxylation is 1. The van der Waals surface area contributed by atoms with E-state index < -0.39 is 5.97 Å². The van der Waals surface area contributed by atoms with Gasteiger partial charge in [-0.1, -0.05) is 18.2 Å². The molecular weight excluding hydrogens is 486 g/mol. The lowest BCUT2D eigenvalue weighted by Gasteiger charge is -2.26. The Morgan fingerprint density at radius 1 is 1.13 bits per heavy atom. The van der Waals surface area contributed by atoms with Crippen molar-refractivity contribution < 1.29 is 19.1 Å². The minimum Gasteiger partial charge on any atom is -0.457 e. The predicted octanol–water partition coefficient (Wildman–Crippen LogP) is 3.77. The van der Waals surface area contributed by atoms with Gasteiger partial charge in [-0.15, -0.1) is 0 Å². The van der Waals surface area contributed by atoms with Crippen molar-refractivity contribution in [2.45, 2.75) is 6.92 Å². The van der Waals surface area contributed by atoms with Crippen molar-refractivity contribution in [1.82, 2.24) is 14.5 Å². The zero-order valence-corrected chi connectivity index (χ0v) is 20.6. The zero-order chi connectivity index (χ0) is 26.5. The molecule has 3 N–H and O–H groups in total. The number of aromatic nitrogens is 2. The standard InChI is InChI=1S/C27H25N7O4/c1-18-23(26(35)38-32-27(29)33-11-13-36-14-12-33)17-34-25(18)24(19(15-28)16-30-34)31-20-7-9-22(10-8-20)37-21-5-3-2-4-6-21/h2-10,16-17,31H,11-14H2,1H3,(H2,29,32). The second kappa shape index (κ2) is 10.9. The Balaban J connectivity index is 1.38. The van der Waals surface area contributed by atoms with Crippen molar-refractivity contribution in [2.24, 2.45) is 10.9 Å². The van der Waals surface area contributed by atoms with Gasteiger partial charge < -0.3 is 30.3 Å². The van der Waals surface area contributed by atoms with Crippen LogP contribution < -0.4 is 15.8 Å². The summed E-state index contributed by atoms with van der Waals surface area (Å²) in [6.45, 7) is 3.94. The average Bonchev–Trinajstić information content (AvgIpc) is 3.30. The van der Waals surface area contributed by atoms with E-state index in [0.717, 1.165) is 11.4 Å². The van der Waals surface area contributed by atoms with Gasteiger partial charge in [0.25, 0.3) is 0 Å². The summed E-state index contributed by atoms with van der Waals surface area (Å²) in [4.78, 5) is 19.8. The van der Waals surface area contributed by atoms with Gasteiger partial charge in [-0.2, -0.15) is 10.4 Å². The molecule has 0 radical (unpaired) electrons. The molecule has 0 aliphatic carbocycles. The summed E-state index contributed by atoms with van der Waals surface area (Å²) in [6.07, 6.45) is 2.97. The maximum Gasteiger partial charge on any atom is 0.367 e. The quantitative estimate of drug-likeness (QED) is 0.171. The summed E-state index contributed by atoms with van der Waals surface area (Å²) in [5.41, 5.74) is 8.90. The Morgan fingerprint density at radius 2 is 1.84 bits per heavy atom. The van der Waals surface area contributed by atoms with Gasteiger partial charge >= 0.3 is 5.97 Å². The number of para-hydroxylation sites is 1. The van der Waals surface area contributed by atoms with Gasteiger partial charge in [0, 0.05) is 25.0 Å². The van der Waals surface area contributed by atoms with E-state index in [1.54, 1.807) is 11.8 Å². The molecule has 192 valence electrons. The molecule has 0 atom stereocenters. The Morgan fingerprint density at radius 3 is 2.55 bits per heavy atom. The number of oxime groups is 1. The molecule has 1 saturated heterocycles. The van der Waals surface area contributed by atoms with Gasteiger partial charge in [-0.3, -0.25) is 0 Å². The number of carbonyl (C=O) groups is 1. The Hall–Kier alpha value is -5.08. The molecule has 2 aromatic heterocycles. The van der Waals surface area contributed by atoms with Crippen LogP contribution in [0.1, 0.15) is 21.5 Å². The first-order valence-electron chi connectivity index (χ1n) is 11.9. The fourth-order valence-electron chi connectivity index (χ4n) is 4.07. The number of carbonyl (C=O) groups excluding carboxylic acids is 1. The van der Waals surface area contributed by atoms with Crippen LogP contribution in [0.25, 0.3) is 5.52 Å². The van der Waals surface area contributed by atoms with Gasteiger partial charge in [0.15, 0.2) is 0 Å². The van der Waals surface area contributed by atoms with E-state index in [1.807, 2.05) is 54.6 Å². The number of guanidine groups is 1. The zero-order valence-electron chi connectivity index (χ0n) is 20.6. The van der Waals surface area contributed by atoms with E-state index >= 15 is 0 Å². The molecule has 11 heteroatoms. The smallest absolute Gasteiger partial charge is 0.367 e. The van der Waals surface area contributed by atoms with Crippen molar-refractivity contribution in [1.29, 1.82) is 5.26 Å². The third kappa shape index (κ3) is 5.21. The number of nitrogens with two attached hydrogens (primary N) is 1. The van der Waals surface area contributed by atoms with Crippen LogP contribution >= 0.6 is 0 Å². The summed E-state index contributed by atoms with van der Waals surface area (Å²) in [6, 6.07) is 19.0. The van der Waals surface area contributed by atoms with Crippen LogP contribution in [-0.4, -0.2) is 52.7 Å². The normalized spacial score (nSPS) is 13.7. The number of ether oxygens (including phenoxy) is 2. The maximum atomic E-state index is 12.9. The van der Waals surface area contributed by atoms with Gasteiger partial charge in [0.05, 0.1) is 41.7 Å². The first-order valence-corrected chi connectivity index (χ1v) is 11.9. The van der Waals surface area contributed by atoms with Crippen molar-refractivity contribution in [3.63, 3.8) is 0 Å². The third-order valence-corrected chi connectivity index (χ3v) is 6.06. The van der Waals surface area contributed by atoms with Crippen LogP contribution in [0.2, 0.25) is 0 Å². The van der Waals surface area contributed by atoms with Gasteiger partial charge in [-0.05, 0) is 54.0 Å². The lowest BCUT2D eigenvalue weighted by Crippen LogP contribution is -2.44. The van der Waals surface area contributed by atoms with Crippen molar-refractivity contribution >= 4 is 28.8 Å². The minimum atomic E-state index is -0.684. The summed E-state index contributed by atoms with van der Waals surface area (Å²) in [5, 5.41) is 21.1. The second-order valence-electron chi connectivity index (χ2n) is 8.50. The Bertz CT molecular complexity index is 1520. The Labute approximate surface area is 218 Å². The SMILES string of the molecule is Cc1c(C(=O)ON=C(N)N2CCOCC2)cn2ncc(C#N)c(Nc3ccc(Oc4ccccc4)cc3)c12. The van der Waals surface area contributed by atoms with Crippen molar-refractivity contribution in [3.05, 3.63) is 83.7 Å². The molecule has 5 rings (SSSR count). The van der Waals surface area contributed by atoms with Crippen molar-refractivity contribution in [3.8, 4) is 17.6 Å². The number of anilines is 2. The van der Waals surface area contributed by atoms with Crippen LogP contribution in [0.5, 0.6) is 11.5 Å². The summed E-state index contributed by atoms with van der Waals surface area (Å²) in [5.74, 6) is 0.823. The first-order chi connectivity index (χ1) is 18.5. The third-order valence-electron chi connectivity index (χ3n) is 6.06. The van der Waals surface area contributed by atoms with Crippen molar-refractivity contribution in [2.75, 3.05) is 31.6 Å². The molecule has 0 spiro atoms. The molecule has 11 nitrogen and oxygen atoms in total. The molecule has 1 fully saturated rings. The lowest BCUT2D eigenvalue weighted by molar-refractivity contribution is 0.0476. The van der Waals surface area contributed by atoms with Gasteiger partial charge in [0.1, 0.15) is 17.6 Å². The average molecular weight is 512 g/mol. The molecule has 4 aromatic rings. The minimum absolute atomic E-state index is 0.106. The molecule has 1 aliphatic heterocycles. The van der Waals surface area contributed by atoms with Crippen LogP contribution in [0, 0.1) is 18.3 Å². The van der Waals surface area contributed by atoms with E-state index in [4.69, 9.17) is 20.0 Å². The molecule has 0 unspecified atom stereocenters. The number of nitrogens with one attached hydrogen (secondary N) is 1. The maximum absolute atomic E-state index is 12.9. The highest BCUT2D eigenvalue weighted by Gasteiger charge is 2.22. The van der Waals surface area contributed by atoms with Crippen LogP contribution in [0.15, 0.2) is 72.1 Å². The topological polar surface area (TPSA) is 139 Å². The van der Waals surface area contributed by atoms with E-state index in [1.165, 1.54) is 16.9 Å². The molecule has 0 amide bonds. The van der Waals surface area contributed by atoms with Crippen LogP contribution in [0.3, 0.4) is 0 Å². The number of benzene rings is 2. The highest BCUT2D eigenvalue weighted by Crippen LogP contribution is 2.31. The molecule has 0 saturated carbocycles. The number of nitriles is 1. The highest BCUT2D eigenvalue weighted by molar-refractivity contribution is 5.97. The van der Waals surface area contributed by atoms with Gasteiger partial charge in [0.2, 0.25) is 5.96 Å². The fourth-order valence-corrected chi connectivity index (χ4v) is 4.07.